The third-order valence-electron chi connectivity index (χ3n) is 1.68. The van der Waals surface area contributed by atoms with Crippen LogP contribution < -0.4 is 5.32 Å². The number of rotatable bonds is 4. The number of para-hydroxylation sites is 1. The maximum Gasteiger partial charge on any atom is 0.211 e. The summed E-state index contributed by atoms with van der Waals surface area (Å²) in [7, 11) is 0. The highest BCUT2D eigenvalue weighted by Crippen LogP contribution is 2.23. The zero-order chi connectivity index (χ0) is 9.68. The first kappa shape index (κ1) is 10.2. The average molecular weight is 244 g/mol. The Morgan fingerprint density at radius 1 is 1.54 bits per heavy atom. The first-order valence-electron chi connectivity index (χ1n) is 3.82. The lowest BCUT2D eigenvalue weighted by atomic mass is 10.1. The molecule has 3 nitrogen and oxygen atoms in total. The van der Waals surface area contributed by atoms with Crippen LogP contribution in [0.3, 0.4) is 0 Å². The molecule has 0 radical (unpaired) electrons. The van der Waals surface area contributed by atoms with Crippen molar-refractivity contribution in [2.75, 3.05) is 10.6 Å². The molecule has 0 unspecified atom stereocenters. The number of hydrogen-bond donors (Lipinski definition) is 2. The van der Waals surface area contributed by atoms with E-state index in [9.17, 15) is 9.90 Å². The smallest absolute Gasteiger partial charge is 0.211 e. The Hall–Kier alpha value is -0.870. The summed E-state index contributed by atoms with van der Waals surface area (Å²) in [6.07, 6.45) is 0.00317. The summed E-state index contributed by atoms with van der Waals surface area (Å²) in [5.74, 6) is 0. The number of benzene rings is 1. The van der Waals surface area contributed by atoms with E-state index >= 15 is 0 Å². The summed E-state index contributed by atoms with van der Waals surface area (Å²) < 4.78 is 0. The van der Waals surface area contributed by atoms with Gasteiger partial charge in [-0.2, -0.15) is 0 Å². The quantitative estimate of drug-likeness (QED) is 0.625. The lowest BCUT2D eigenvalue weighted by Crippen LogP contribution is -2.04. The van der Waals surface area contributed by atoms with E-state index in [4.69, 9.17) is 0 Å². The zero-order valence-electron chi connectivity index (χ0n) is 6.90. The van der Waals surface area contributed by atoms with Gasteiger partial charge >= 0.3 is 0 Å². The molecule has 0 aliphatic carbocycles. The van der Waals surface area contributed by atoms with Crippen molar-refractivity contribution in [3.63, 3.8) is 0 Å². The molecule has 4 heteroatoms. The van der Waals surface area contributed by atoms with Gasteiger partial charge < -0.3 is 10.4 Å². The van der Waals surface area contributed by atoms with Crippen molar-refractivity contribution in [1.82, 2.24) is 0 Å². The topological polar surface area (TPSA) is 49.3 Å². The monoisotopic (exact) mass is 243 g/mol. The minimum Gasteiger partial charge on any atom is -0.387 e. The molecule has 2 N–H and O–H groups in total. The lowest BCUT2D eigenvalue weighted by Gasteiger charge is -2.11. The van der Waals surface area contributed by atoms with Gasteiger partial charge in [-0.05, 0) is 6.07 Å². The third kappa shape index (κ3) is 2.54. The predicted molar refractivity (Wildman–Crippen MR) is 54.9 cm³/mol. The maximum atomic E-state index is 10.2. The molecule has 1 amide bonds. The SMILES string of the molecule is O=CNc1ccccc1[C@@H](O)CBr. The van der Waals surface area contributed by atoms with Crippen LogP contribution >= 0.6 is 15.9 Å². The fraction of sp³-hybridized carbons (Fsp3) is 0.222. The van der Waals surface area contributed by atoms with E-state index in [1.807, 2.05) is 6.07 Å². The van der Waals surface area contributed by atoms with Crippen LogP contribution in [0.2, 0.25) is 0 Å². The van der Waals surface area contributed by atoms with Gasteiger partial charge in [0.25, 0.3) is 0 Å². The van der Waals surface area contributed by atoms with Crippen LogP contribution in [0.25, 0.3) is 0 Å². The normalized spacial score (nSPS) is 12.2. The van der Waals surface area contributed by atoms with Gasteiger partial charge in [0, 0.05) is 16.6 Å². The number of anilines is 1. The molecule has 13 heavy (non-hydrogen) atoms. The minimum atomic E-state index is -0.594. The van der Waals surface area contributed by atoms with E-state index in [-0.39, 0.29) is 0 Å². The van der Waals surface area contributed by atoms with E-state index in [1.54, 1.807) is 18.2 Å². The number of halogens is 1. The Labute approximate surface area is 84.9 Å². The molecule has 0 bridgehead atoms. The molecule has 0 aliphatic rings. The number of hydrogen-bond acceptors (Lipinski definition) is 2. The molecule has 1 aromatic rings. The fourth-order valence-electron chi connectivity index (χ4n) is 1.07. The van der Waals surface area contributed by atoms with Gasteiger partial charge in [-0.3, -0.25) is 4.79 Å². The molecule has 1 rings (SSSR count). The number of alkyl halides is 1. The summed E-state index contributed by atoms with van der Waals surface area (Å²) in [5, 5.41) is 12.5. The third-order valence-corrected chi connectivity index (χ3v) is 2.29. The van der Waals surface area contributed by atoms with Crippen LogP contribution in [0.4, 0.5) is 5.69 Å². The maximum absolute atomic E-state index is 10.2. The van der Waals surface area contributed by atoms with Gasteiger partial charge in [0.15, 0.2) is 0 Å². The highest BCUT2D eigenvalue weighted by molar-refractivity contribution is 9.09. The summed E-state index contributed by atoms with van der Waals surface area (Å²) in [6.45, 7) is 0. The average Bonchev–Trinajstić information content (AvgIpc) is 2.18. The summed E-state index contributed by atoms with van der Waals surface area (Å²) in [6, 6.07) is 7.14. The molecule has 0 spiro atoms. The van der Waals surface area contributed by atoms with Gasteiger partial charge in [-0.1, -0.05) is 34.1 Å². The van der Waals surface area contributed by atoms with Gasteiger partial charge in [-0.15, -0.1) is 0 Å². The summed E-state index contributed by atoms with van der Waals surface area (Å²) >= 11 is 3.17. The lowest BCUT2D eigenvalue weighted by molar-refractivity contribution is -0.105. The van der Waals surface area contributed by atoms with Crippen LogP contribution in [-0.4, -0.2) is 16.8 Å². The number of aliphatic hydroxyl groups is 1. The Morgan fingerprint density at radius 3 is 2.85 bits per heavy atom. The van der Waals surface area contributed by atoms with Crippen molar-refractivity contribution in [3.8, 4) is 0 Å². The molecule has 70 valence electrons. The zero-order valence-corrected chi connectivity index (χ0v) is 8.49. The number of amides is 1. The van der Waals surface area contributed by atoms with Crippen LogP contribution in [0.5, 0.6) is 0 Å². The van der Waals surface area contributed by atoms with E-state index < -0.39 is 6.10 Å². The van der Waals surface area contributed by atoms with E-state index in [0.717, 1.165) is 0 Å². The van der Waals surface area contributed by atoms with Crippen LogP contribution in [0, 0.1) is 0 Å². The van der Waals surface area contributed by atoms with Crippen LogP contribution in [0.1, 0.15) is 11.7 Å². The standard InChI is InChI=1S/C9H10BrNO2/c10-5-9(13)7-3-1-2-4-8(7)11-6-12/h1-4,6,9,13H,5H2,(H,11,12)/t9-/m0/s1. The highest BCUT2D eigenvalue weighted by Gasteiger charge is 2.09. The number of nitrogens with one attached hydrogen (secondary N) is 1. The molecule has 1 atom stereocenters. The van der Waals surface area contributed by atoms with Crippen molar-refractivity contribution in [3.05, 3.63) is 29.8 Å². The van der Waals surface area contributed by atoms with E-state index in [2.05, 4.69) is 21.2 Å². The first-order chi connectivity index (χ1) is 6.29. The van der Waals surface area contributed by atoms with Crippen LogP contribution in [-0.2, 0) is 4.79 Å². The van der Waals surface area contributed by atoms with Crippen molar-refractivity contribution in [2.45, 2.75) is 6.10 Å². The Bertz CT molecular complexity index is 291. The van der Waals surface area contributed by atoms with E-state index in [1.165, 1.54) is 0 Å². The molecule has 0 heterocycles. The predicted octanol–water partition coefficient (Wildman–Crippen LogP) is 1.68. The molecular formula is C9H10BrNO2. The van der Waals surface area contributed by atoms with Gasteiger partial charge in [0.05, 0.1) is 6.10 Å². The van der Waals surface area contributed by atoms with Crippen molar-refractivity contribution in [2.24, 2.45) is 0 Å². The second-order valence-corrected chi connectivity index (χ2v) is 3.17. The largest absolute Gasteiger partial charge is 0.387 e. The van der Waals surface area contributed by atoms with Crippen molar-refractivity contribution >= 4 is 28.0 Å². The van der Waals surface area contributed by atoms with Gasteiger partial charge in [-0.25, -0.2) is 0 Å². The molecular weight excluding hydrogens is 234 g/mol. The van der Waals surface area contributed by atoms with E-state index in [0.29, 0.717) is 23.0 Å². The molecule has 0 fully saturated rings. The second-order valence-electron chi connectivity index (χ2n) is 2.52. The highest BCUT2D eigenvalue weighted by atomic mass is 79.9. The Kier molecular flexibility index (Phi) is 3.92. The van der Waals surface area contributed by atoms with Crippen molar-refractivity contribution in [1.29, 1.82) is 0 Å². The first-order valence-corrected chi connectivity index (χ1v) is 4.95. The Balaban J connectivity index is 2.96. The Morgan fingerprint density at radius 2 is 2.23 bits per heavy atom. The molecule has 0 aliphatic heterocycles. The molecule has 0 saturated heterocycles. The number of carbonyl (C=O) groups excluding carboxylic acids is 1. The summed E-state index contributed by atoms with van der Waals surface area (Å²) in [4.78, 5) is 10.2. The molecule has 1 aromatic carbocycles. The minimum absolute atomic E-state index is 0.449. The van der Waals surface area contributed by atoms with Crippen molar-refractivity contribution < 1.29 is 9.90 Å². The molecule has 0 aromatic heterocycles. The molecule has 0 saturated carbocycles. The van der Waals surface area contributed by atoms with Gasteiger partial charge in [0.2, 0.25) is 6.41 Å². The fourth-order valence-corrected chi connectivity index (χ4v) is 1.41. The second kappa shape index (κ2) is 4.99. The van der Waals surface area contributed by atoms with Crippen LogP contribution in [0.15, 0.2) is 24.3 Å². The number of aliphatic hydroxyl groups excluding tert-OH is 1. The summed E-state index contributed by atoms with van der Waals surface area (Å²) in [5.41, 5.74) is 1.36. The number of carbonyl (C=O) groups is 1. The van der Waals surface area contributed by atoms with Gasteiger partial charge in [0.1, 0.15) is 0 Å².